The second kappa shape index (κ2) is 30.0. The molecule has 0 atom stereocenters. The minimum absolute atomic E-state index is 0.700. The first kappa shape index (κ1) is 72.3. The normalized spacial score (nSPS) is 11.6. The van der Waals surface area contributed by atoms with Crippen molar-refractivity contribution in [3.05, 3.63) is 397 Å². The molecule has 22 aromatic rings. The second-order valence-corrected chi connectivity index (χ2v) is 31.7. The minimum Gasteiger partial charge on any atom is -0.456 e. The van der Waals surface area contributed by atoms with Gasteiger partial charge in [0.1, 0.15) is 22.3 Å². The average Bonchev–Trinajstić information content (AvgIpc) is 1.45. The van der Waals surface area contributed by atoms with Crippen molar-refractivity contribution in [1.29, 1.82) is 0 Å². The van der Waals surface area contributed by atoms with Crippen molar-refractivity contribution in [2.45, 2.75) is 41.5 Å². The molecule has 6 heterocycles. The van der Waals surface area contributed by atoms with Crippen LogP contribution >= 0.6 is 0 Å². The molecule has 16 aromatic carbocycles. The molecule has 0 aliphatic carbocycles. The molecule has 120 heavy (non-hydrogen) atoms. The molecule has 0 unspecified atom stereocenters. The number of aromatic nitrogens is 6. The van der Waals surface area contributed by atoms with Crippen LogP contribution in [0.5, 0.6) is 0 Å². The summed E-state index contributed by atoms with van der Waals surface area (Å²) in [5.74, 6) is 1.41. The molecule has 0 fully saturated rings. The van der Waals surface area contributed by atoms with Crippen LogP contribution in [0.15, 0.2) is 373 Å². The van der Waals surface area contributed by atoms with E-state index < -0.39 is 0 Å². The highest BCUT2D eigenvalue weighted by Gasteiger charge is 2.26. The summed E-state index contributed by atoms with van der Waals surface area (Å²) in [7, 11) is 0. The summed E-state index contributed by atoms with van der Waals surface area (Å²) < 4.78 is 13.4. The van der Waals surface area contributed by atoms with Crippen molar-refractivity contribution in [3.63, 3.8) is 0 Å². The van der Waals surface area contributed by atoms with Crippen molar-refractivity contribution in [3.8, 4) is 135 Å². The first-order valence-corrected chi connectivity index (χ1v) is 40.8. The van der Waals surface area contributed by atoms with E-state index in [1.807, 2.05) is 18.2 Å². The average molecular weight is 1540 g/mol. The number of para-hydroxylation sites is 4. The number of nitrogens with zero attached hydrogens (tertiary/aromatic N) is 6. The maximum absolute atomic E-state index is 6.69. The zero-order valence-corrected chi connectivity index (χ0v) is 67.1. The topological polar surface area (TPSA) is 104 Å². The number of hydrogen-bond donors (Lipinski definition) is 0. The van der Waals surface area contributed by atoms with E-state index in [9.17, 15) is 0 Å². The Bertz CT molecular complexity index is 7600. The summed E-state index contributed by atoms with van der Waals surface area (Å²) in [6.45, 7) is 12.7. The van der Waals surface area contributed by atoms with Gasteiger partial charge in [0.2, 0.25) is 0 Å². The maximum atomic E-state index is 6.69. The van der Waals surface area contributed by atoms with E-state index in [0.717, 1.165) is 188 Å². The van der Waals surface area contributed by atoms with Crippen LogP contribution in [0.3, 0.4) is 0 Å². The third kappa shape index (κ3) is 13.5. The lowest BCUT2D eigenvalue weighted by Gasteiger charge is -2.16. The van der Waals surface area contributed by atoms with Gasteiger partial charge in [0.05, 0.1) is 45.2 Å². The molecule has 0 N–H and O–H groups in total. The van der Waals surface area contributed by atoms with Crippen LogP contribution < -0.4 is 0 Å². The summed E-state index contributed by atoms with van der Waals surface area (Å²) in [6.07, 6.45) is 0. The highest BCUT2D eigenvalue weighted by molar-refractivity contribution is 6.29. The quantitative estimate of drug-likeness (QED) is 0.111. The van der Waals surface area contributed by atoms with Gasteiger partial charge in [0, 0.05) is 109 Å². The van der Waals surface area contributed by atoms with Gasteiger partial charge in [-0.3, -0.25) is 0 Å². The zero-order chi connectivity index (χ0) is 80.6. The standard InChI is InChI=1S/C57H41N3O.C55H37N3O/c1-34-26-35(2)29-43(28-34)50-33-49(59-57(60-50)44-30-36(3)27-37(4)31-44)40-20-22-41(23-21-40)53-54-45-14-8-10-16-48(45)58-56(42-24-18-39(19-25-42)38-12-6-5-7-13-38)47(54)32-52-55(53)46-15-9-11-17-51(46)61-52;1-34-16-20-38(21-17-34)47-33-48(58-55(57-47)42-22-18-35(2)19-23-42)39-26-28-40(29-27-39)51-52-43-12-6-8-14-46(43)56-54(41-30-24-37(25-31-41)36-10-4-3-5-11-36)45(52)32-50-53(51)44-13-7-9-15-49(44)59-50/h5-33H,1-4H3;3-33H,1-2H3. The molecular formula is C112H78N6O2. The largest absolute Gasteiger partial charge is 0.456 e. The summed E-state index contributed by atoms with van der Waals surface area (Å²) in [5, 5.41) is 10.9. The third-order valence-corrected chi connectivity index (χ3v) is 23.2. The fourth-order valence-corrected chi connectivity index (χ4v) is 17.6. The van der Waals surface area contributed by atoms with Crippen molar-refractivity contribution in [2.24, 2.45) is 0 Å². The van der Waals surface area contributed by atoms with Crippen LogP contribution in [0, 0.1) is 41.5 Å². The molecule has 0 spiro atoms. The van der Waals surface area contributed by atoms with Crippen LogP contribution in [-0.4, -0.2) is 29.9 Å². The van der Waals surface area contributed by atoms with Crippen LogP contribution in [0.25, 0.3) is 222 Å². The monoisotopic (exact) mass is 1540 g/mol. The Morgan fingerprint density at radius 2 is 0.475 bits per heavy atom. The summed E-state index contributed by atoms with van der Waals surface area (Å²) in [5.41, 5.74) is 35.2. The number of aryl methyl sites for hydroxylation is 6. The minimum atomic E-state index is 0.700. The van der Waals surface area contributed by atoms with Crippen LogP contribution in [0.4, 0.5) is 0 Å². The lowest BCUT2D eigenvalue weighted by atomic mass is 9.89. The Hall–Kier alpha value is -15.4. The van der Waals surface area contributed by atoms with E-state index in [-0.39, 0.29) is 0 Å². The summed E-state index contributed by atoms with van der Waals surface area (Å²) in [6, 6.07) is 129. The molecule has 0 saturated heterocycles. The Kier molecular flexibility index (Phi) is 18.1. The second-order valence-electron chi connectivity index (χ2n) is 31.7. The molecule has 6 aromatic heterocycles. The predicted octanol–water partition coefficient (Wildman–Crippen LogP) is 30.0. The fraction of sp³-hybridized carbons (Fsp3) is 0.0536. The van der Waals surface area contributed by atoms with Gasteiger partial charge >= 0.3 is 0 Å². The summed E-state index contributed by atoms with van der Waals surface area (Å²) >= 11 is 0. The lowest BCUT2D eigenvalue weighted by molar-refractivity contribution is 0.669. The molecular weight excluding hydrogens is 1460 g/mol. The first-order valence-electron chi connectivity index (χ1n) is 40.8. The molecule has 22 rings (SSSR count). The Morgan fingerprint density at radius 1 is 0.175 bits per heavy atom. The Labute approximate surface area is 695 Å². The lowest BCUT2D eigenvalue weighted by Crippen LogP contribution is -1.97. The van der Waals surface area contributed by atoms with E-state index in [2.05, 4.69) is 387 Å². The molecule has 0 aliphatic heterocycles. The maximum Gasteiger partial charge on any atom is 0.160 e. The first-order chi connectivity index (χ1) is 58.9. The van der Waals surface area contributed by atoms with Gasteiger partial charge in [-0.2, -0.15) is 0 Å². The van der Waals surface area contributed by atoms with Crippen LogP contribution in [-0.2, 0) is 0 Å². The van der Waals surface area contributed by atoms with Crippen molar-refractivity contribution >= 4 is 87.2 Å². The SMILES string of the molecule is Cc1cc(C)cc(-c2cc(-c3ccc(-c4c5c(cc6c(-c7ccc(-c8ccccc8)cc7)nc7ccccc7c46)oc4ccccc45)cc3)nc(-c3cc(C)cc(C)c3)n2)c1.Cc1ccc(-c2cc(-c3ccc(-c4c5c(cc6c(-c7ccc(-c8ccccc8)cc7)nc7ccccc7c46)oc4ccccc45)cc3)nc(-c3ccc(C)cc3)n2)cc1. The van der Waals surface area contributed by atoms with Gasteiger partial charge in [-0.05, 0) is 148 Å². The molecule has 0 amide bonds. The highest BCUT2D eigenvalue weighted by atomic mass is 16.3. The predicted molar refractivity (Wildman–Crippen MR) is 498 cm³/mol. The zero-order valence-electron chi connectivity index (χ0n) is 67.1. The smallest absolute Gasteiger partial charge is 0.160 e. The number of fused-ring (bicyclic) bond motifs is 12. The van der Waals surface area contributed by atoms with Crippen LogP contribution in [0.1, 0.15) is 33.4 Å². The fourth-order valence-electron chi connectivity index (χ4n) is 17.6. The molecule has 0 bridgehead atoms. The number of furan rings is 2. The van der Waals surface area contributed by atoms with E-state index in [1.54, 1.807) is 0 Å². The van der Waals surface area contributed by atoms with Gasteiger partial charge < -0.3 is 8.83 Å². The third-order valence-electron chi connectivity index (χ3n) is 23.2. The number of hydrogen-bond acceptors (Lipinski definition) is 8. The van der Waals surface area contributed by atoms with Gasteiger partial charge in [-0.1, -0.05) is 325 Å². The molecule has 0 aliphatic rings. The highest BCUT2D eigenvalue weighted by Crippen LogP contribution is 2.50. The van der Waals surface area contributed by atoms with Crippen molar-refractivity contribution < 1.29 is 8.83 Å². The molecule has 0 saturated carbocycles. The number of pyridine rings is 2. The van der Waals surface area contributed by atoms with Crippen molar-refractivity contribution in [2.75, 3.05) is 0 Å². The van der Waals surface area contributed by atoms with E-state index in [4.69, 9.17) is 38.7 Å². The van der Waals surface area contributed by atoms with Crippen molar-refractivity contribution in [1.82, 2.24) is 29.9 Å². The van der Waals surface area contributed by atoms with Gasteiger partial charge in [-0.15, -0.1) is 0 Å². The Balaban J connectivity index is 0.000000149. The van der Waals surface area contributed by atoms with Crippen LogP contribution in [0.2, 0.25) is 0 Å². The summed E-state index contributed by atoms with van der Waals surface area (Å²) in [4.78, 5) is 31.3. The van der Waals surface area contributed by atoms with E-state index in [0.29, 0.717) is 11.6 Å². The molecule has 0 radical (unpaired) electrons. The van der Waals surface area contributed by atoms with Gasteiger partial charge in [-0.25, -0.2) is 29.9 Å². The number of rotatable bonds is 12. The molecule has 8 nitrogen and oxygen atoms in total. The molecule has 568 valence electrons. The van der Waals surface area contributed by atoms with E-state index >= 15 is 0 Å². The number of benzene rings is 16. The molecule has 8 heteroatoms. The van der Waals surface area contributed by atoms with Gasteiger partial charge in [0.25, 0.3) is 0 Å². The van der Waals surface area contributed by atoms with E-state index in [1.165, 1.54) is 55.6 Å². The Morgan fingerprint density at radius 3 is 0.883 bits per heavy atom. The van der Waals surface area contributed by atoms with Gasteiger partial charge in [0.15, 0.2) is 11.6 Å².